The van der Waals surface area contributed by atoms with E-state index in [0.29, 0.717) is 34.8 Å². The van der Waals surface area contributed by atoms with Crippen LogP contribution in [0.25, 0.3) is 0 Å². The highest BCUT2D eigenvalue weighted by atomic mass is 35.5. The molecule has 0 aliphatic rings. The van der Waals surface area contributed by atoms with Crippen molar-refractivity contribution >= 4 is 34.6 Å². The first kappa shape index (κ1) is 22.4. The van der Waals surface area contributed by atoms with Gasteiger partial charge in [-0.1, -0.05) is 11.6 Å². The molecule has 0 saturated carbocycles. The van der Waals surface area contributed by atoms with Crippen LogP contribution in [-0.2, 0) is 9.53 Å². The maximum Gasteiger partial charge on any atom is 0.347 e. The lowest BCUT2D eigenvalue weighted by Crippen LogP contribution is -2.39. The highest BCUT2D eigenvalue weighted by molar-refractivity contribution is 6.30. The molecular weight excluding hydrogens is 398 g/mol. The molecule has 9 heteroatoms. The molecule has 0 aliphatic carbocycles. The van der Waals surface area contributed by atoms with Crippen molar-refractivity contribution in [1.82, 2.24) is 0 Å². The van der Waals surface area contributed by atoms with Gasteiger partial charge in [0, 0.05) is 16.8 Å². The van der Waals surface area contributed by atoms with Gasteiger partial charge in [0.05, 0.1) is 26.1 Å². The van der Waals surface area contributed by atoms with Gasteiger partial charge in [-0.15, -0.1) is 0 Å². The molecule has 2 rings (SSSR count). The second-order valence-corrected chi connectivity index (χ2v) is 7.95. The van der Waals surface area contributed by atoms with E-state index in [1.807, 2.05) is 21.1 Å². The van der Waals surface area contributed by atoms with E-state index in [0.717, 1.165) is 0 Å². The van der Waals surface area contributed by atoms with Crippen molar-refractivity contribution in [2.45, 2.75) is 13.0 Å². The molecule has 1 atom stereocenters. The Morgan fingerprint density at radius 1 is 1.21 bits per heavy atom. The highest BCUT2D eigenvalue weighted by Crippen LogP contribution is 2.31. The summed E-state index contributed by atoms with van der Waals surface area (Å²) in [4.78, 5) is 22.7. The number of ether oxygens (including phenoxy) is 2. The van der Waals surface area contributed by atoms with Gasteiger partial charge in [-0.05, 0) is 43.3 Å². The zero-order valence-electron chi connectivity index (χ0n) is 16.8. The molecule has 8 nitrogen and oxygen atoms in total. The van der Waals surface area contributed by atoms with Crippen LogP contribution in [0.3, 0.4) is 0 Å². The van der Waals surface area contributed by atoms with Gasteiger partial charge in [-0.2, -0.15) is 0 Å². The summed E-state index contributed by atoms with van der Waals surface area (Å²) in [7, 11) is 6.05. The number of quaternary nitrogens is 1. The molecule has 2 aromatic carbocycles. The number of hydrogen-bond donors (Lipinski definition) is 1. The standard InChI is InChI=1S/C20H25ClN3O5/c1-14(20(25)28-12-11-24(2,3)4)29-17-8-6-16(7-9-17)22-18-10-5-15(21)13-19(18)23(26)27/h5-10,13-14,22H,11-12H2,1-4H3/q+1. The fourth-order valence-electron chi connectivity index (χ4n) is 2.32. The Kier molecular flexibility index (Phi) is 7.41. The smallest absolute Gasteiger partial charge is 0.347 e. The number of hydrogen-bond acceptors (Lipinski definition) is 6. The molecule has 0 bridgehead atoms. The van der Waals surface area contributed by atoms with Crippen LogP contribution in [0.1, 0.15) is 6.92 Å². The van der Waals surface area contributed by atoms with Crippen molar-refractivity contribution in [3.63, 3.8) is 0 Å². The Hall–Kier alpha value is -2.84. The van der Waals surface area contributed by atoms with E-state index in [1.165, 1.54) is 6.07 Å². The van der Waals surface area contributed by atoms with Gasteiger partial charge in [0.2, 0.25) is 0 Å². The van der Waals surface area contributed by atoms with E-state index in [2.05, 4.69) is 5.32 Å². The SMILES string of the molecule is CC(Oc1ccc(Nc2ccc(Cl)cc2[N+](=O)[O-])cc1)C(=O)OCC[N+](C)(C)C. The number of benzene rings is 2. The number of nitro groups is 1. The number of halogens is 1. The zero-order valence-corrected chi connectivity index (χ0v) is 17.6. The summed E-state index contributed by atoms with van der Waals surface area (Å²) < 4.78 is 11.5. The molecule has 0 saturated heterocycles. The Morgan fingerprint density at radius 2 is 1.86 bits per heavy atom. The Labute approximate surface area is 174 Å². The monoisotopic (exact) mass is 422 g/mol. The number of nitro benzene ring substituents is 1. The summed E-state index contributed by atoms with van der Waals surface area (Å²) in [5, 5.41) is 14.4. The maximum atomic E-state index is 12.0. The minimum absolute atomic E-state index is 0.122. The van der Waals surface area contributed by atoms with Gasteiger partial charge in [0.25, 0.3) is 5.69 Å². The van der Waals surface area contributed by atoms with Crippen molar-refractivity contribution in [1.29, 1.82) is 0 Å². The average molecular weight is 423 g/mol. The molecule has 0 fully saturated rings. The molecule has 0 aliphatic heterocycles. The Balaban J connectivity index is 1.95. The minimum atomic E-state index is -0.751. The molecule has 29 heavy (non-hydrogen) atoms. The third kappa shape index (κ3) is 7.24. The summed E-state index contributed by atoms with van der Waals surface area (Å²) in [5.41, 5.74) is 0.825. The lowest BCUT2D eigenvalue weighted by molar-refractivity contribution is -0.870. The molecule has 0 aromatic heterocycles. The molecule has 1 unspecified atom stereocenters. The summed E-state index contributed by atoms with van der Waals surface area (Å²) in [5.74, 6) is 0.0506. The third-order valence-electron chi connectivity index (χ3n) is 3.94. The predicted octanol–water partition coefficient (Wildman–Crippen LogP) is 4.01. The fourth-order valence-corrected chi connectivity index (χ4v) is 2.49. The number of carbonyl (C=O) groups is 1. The van der Waals surface area contributed by atoms with E-state index in [9.17, 15) is 14.9 Å². The lowest BCUT2D eigenvalue weighted by atomic mass is 10.2. The van der Waals surface area contributed by atoms with E-state index in [-0.39, 0.29) is 10.7 Å². The summed E-state index contributed by atoms with van der Waals surface area (Å²) >= 11 is 5.83. The van der Waals surface area contributed by atoms with Crippen molar-refractivity contribution in [2.24, 2.45) is 0 Å². The number of esters is 1. The van der Waals surface area contributed by atoms with Crippen LogP contribution in [0.5, 0.6) is 5.75 Å². The Bertz CT molecular complexity index is 865. The van der Waals surface area contributed by atoms with Crippen LogP contribution in [0.4, 0.5) is 17.1 Å². The van der Waals surface area contributed by atoms with E-state index < -0.39 is 17.0 Å². The molecule has 156 valence electrons. The van der Waals surface area contributed by atoms with Crippen LogP contribution in [0, 0.1) is 10.1 Å². The van der Waals surface area contributed by atoms with Gasteiger partial charge in [-0.3, -0.25) is 10.1 Å². The second kappa shape index (κ2) is 9.58. The average Bonchev–Trinajstić information content (AvgIpc) is 2.63. The van der Waals surface area contributed by atoms with Crippen molar-refractivity contribution in [3.05, 3.63) is 57.6 Å². The predicted molar refractivity (Wildman–Crippen MR) is 112 cm³/mol. The summed E-state index contributed by atoms with van der Waals surface area (Å²) in [6.07, 6.45) is -0.751. The molecule has 0 radical (unpaired) electrons. The molecule has 0 spiro atoms. The quantitative estimate of drug-likeness (QED) is 0.284. The van der Waals surface area contributed by atoms with Crippen LogP contribution >= 0.6 is 11.6 Å². The lowest BCUT2D eigenvalue weighted by Gasteiger charge is -2.23. The number of anilines is 2. The number of carbonyl (C=O) groups excluding carboxylic acids is 1. The minimum Gasteiger partial charge on any atom is -0.479 e. The van der Waals surface area contributed by atoms with E-state index in [1.54, 1.807) is 43.3 Å². The number of nitrogens with zero attached hydrogens (tertiary/aromatic N) is 2. The molecule has 2 aromatic rings. The summed E-state index contributed by atoms with van der Waals surface area (Å²) in [6, 6.07) is 11.1. The number of nitrogens with one attached hydrogen (secondary N) is 1. The fraction of sp³-hybridized carbons (Fsp3) is 0.350. The molecular formula is C20H25ClN3O5+. The summed E-state index contributed by atoms with van der Waals surface area (Å²) in [6.45, 7) is 2.64. The van der Waals surface area contributed by atoms with Crippen LogP contribution in [0.15, 0.2) is 42.5 Å². The number of rotatable bonds is 9. The van der Waals surface area contributed by atoms with Crippen molar-refractivity contribution in [3.8, 4) is 5.75 Å². The Morgan fingerprint density at radius 3 is 2.45 bits per heavy atom. The van der Waals surface area contributed by atoms with Crippen molar-refractivity contribution < 1.29 is 23.7 Å². The van der Waals surface area contributed by atoms with Crippen LogP contribution in [0.2, 0.25) is 5.02 Å². The van der Waals surface area contributed by atoms with Gasteiger partial charge in [0.15, 0.2) is 6.10 Å². The second-order valence-electron chi connectivity index (χ2n) is 7.51. The molecule has 1 N–H and O–H groups in total. The first-order valence-electron chi connectivity index (χ1n) is 9.00. The van der Waals surface area contributed by atoms with Gasteiger partial charge >= 0.3 is 5.97 Å². The first-order chi connectivity index (χ1) is 13.5. The van der Waals surface area contributed by atoms with Gasteiger partial charge in [0.1, 0.15) is 24.6 Å². The normalized spacial score (nSPS) is 12.2. The zero-order chi connectivity index (χ0) is 21.6. The topological polar surface area (TPSA) is 90.7 Å². The van der Waals surface area contributed by atoms with Crippen molar-refractivity contribution in [2.75, 3.05) is 39.6 Å². The van der Waals surface area contributed by atoms with Crippen LogP contribution in [-0.4, -0.2) is 55.8 Å². The van der Waals surface area contributed by atoms with E-state index >= 15 is 0 Å². The van der Waals surface area contributed by atoms with Gasteiger partial charge < -0.3 is 19.3 Å². The largest absolute Gasteiger partial charge is 0.479 e. The highest BCUT2D eigenvalue weighted by Gasteiger charge is 2.18. The first-order valence-corrected chi connectivity index (χ1v) is 9.38. The maximum absolute atomic E-state index is 12.0. The van der Waals surface area contributed by atoms with E-state index in [4.69, 9.17) is 21.1 Å². The van der Waals surface area contributed by atoms with Crippen LogP contribution < -0.4 is 10.1 Å². The molecule has 0 amide bonds. The van der Waals surface area contributed by atoms with Gasteiger partial charge in [-0.25, -0.2) is 4.79 Å². The molecule has 0 heterocycles. The number of likely N-dealkylation sites (N-methyl/N-ethyl adjacent to an activating group) is 1. The third-order valence-corrected chi connectivity index (χ3v) is 4.18.